The molecule has 0 spiro atoms. The highest BCUT2D eigenvalue weighted by molar-refractivity contribution is 7.89. The van der Waals surface area contributed by atoms with Crippen LogP contribution in [0.1, 0.15) is 10.6 Å². The quantitative estimate of drug-likeness (QED) is 0.242. The molecule has 0 bridgehead atoms. The van der Waals surface area contributed by atoms with E-state index in [0.717, 1.165) is 4.31 Å². The third kappa shape index (κ3) is 5.72. The Labute approximate surface area is 228 Å². The normalized spacial score (nSPS) is 17.0. The number of amides is 1. The van der Waals surface area contributed by atoms with Crippen molar-refractivity contribution in [2.45, 2.75) is 11.1 Å². The van der Waals surface area contributed by atoms with Crippen LogP contribution in [0.4, 0.5) is 0 Å². The van der Waals surface area contributed by atoms with Crippen molar-refractivity contribution in [1.82, 2.24) is 24.2 Å². The summed E-state index contributed by atoms with van der Waals surface area (Å²) in [6.45, 7) is -0.516. The summed E-state index contributed by atoms with van der Waals surface area (Å²) >= 11 is 6.01. The third-order valence-corrected chi connectivity index (χ3v) is 9.16. The SMILES string of the molecule is NS(=O)(=O)CC1CN(S(=O)(=O)c2cc3cc(Cl)ccc3[nH]2)CCN1C(=O)c1ncc(-c2cc[n+]([O-])cc2)cn1. The van der Waals surface area contributed by atoms with Crippen molar-refractivity contribution in [3.05, 3.63) is 77.2 Å². The minimum absolute atomic E-state index is 0.0868. The van der Waals surface area contributed by atoms with E-state index in [2.05, 4.69) is 15.0 Å². The molecule has 1 saturated heterocycles. The number of halogens is 1. The first kappa shape index (κ1) is 27.0. The molecular formula is C23H22ClN7O6S2. The van der Waals surface area contributed by atoms with E-state index in [-0.39, 0.29) is 30.5 Å². The molecule has 1 aromatic carbocycles. The van der Waals surface area contributed by atoms with Gasteiger partial charge in [-0.3, -0.25) is 4.79 Å². The maximum atomic E-state index is 13.4. The Hall–Kier alpha value is -3.63. The van der Waals surface area contributed by atoms with Crippen molar-refractivity contribution in [2.24, 2.45) is 5.14 Å². The second kappa shape index (κ2) is 10.2. The molecule has 1 unspecified atom stereocenters. The van der Waals surface area contributed by atoms with Gasteiger partial charge in [0.05, 0.1) is 11.8 Å². The lowest BCUT2D eigenvalue weighted by Crippen LogP contribution is -2.59. The number of fused-ring (bicyclic) bond motifs is 1. The van der Waals surface area contributed by atoms with E-state index in [1.807, 2.05) is 0 Å². The van der Waals surface area contributed by atoms with Crippen molar-refractivity contribution in [1.29, 1.82) is 0 Å². The monoisotopic (exact) mass is 591 g/mol. The molecule has 0 aliphatic carbocycles. The largest absolute Gasteiger partial charge is 0.619 e. The molecule has 16 heteroatoms. The lowest BCUT2D eigenvalue weighted by molar-refractivity contribution is -0.605. The number of carbonyl (C=O) groups is 1. The van der Waals surface area contributed by atoms with E-state index < -0.39 is 37.7 Å². The van der Waals surface area contributed by atoms with Crippen LogP contribution in [-0.2, 0) is 20.0 Å². The first-order chi connectivity index (χ1) is 18.4. The summed E-state index contributed by atoms with van der Waals surface area (Å²) in [5, 5.41) is 17.5. The fourth-order valence-electron chi connectivity index (χ4n) is 4.40. The number of nitrogens with zero attached hydrogens (tertiary/aromatic N) is 5. The van der Waals surface area contributed by atoms with Gasteiger partial charge < -0.3 is 15.1 Å². The summed E-state index contributed by atoms with van der Waals surface area (Å²) in [7, 11) is -8.16. The van der Waals surface area contributed by atoms with E-state index in [1.54, 1.807) is 30.3 Å². The molecule has 1 aliphatic rings. The number of benzene rings is 1. The number of nitrogens with two attached hydrogens (primary N) is 1. The second-order valence-electron chi connectivity index (χ2n) is 8.95. The maximum absolute atomic E-state index is 13.4. The number of rotatable bonds is 6. The van der Waals surface area contributed by atoms with Gasteiger partial charge in [0.15, 0.2) is 12.4 Å². The van der Waals surface area contributed by atoms with Crippen molar-refractivity contribution in [3.8, 4) is 11.1 Å². The lowest BCUT2D eigenvalue weighted by atomic mass is 10.1. The van der Waals surface area contributed by atoms with Gasteiger partial charge in [-0.1, -0.05) is 11.6 Å². The number of carbonyl (C=O) groups excluding carboxylic acids is 1. The van der Waals surface area contributed by atoms with E-state index in [9.17, 15) is 26.8 Å². The molecule has 5 rings (SSSR count). The molecule has 1 fully saturated rings. The van der Waals surface area contributed by atoms with Gasteiger partial charge in [-0.2, -0.15) is 9.04 Å². The fraction of sp³-hybridized carbons (Fsp3) is 0.217. The van der Waals surface area contributed by atoms with Gasteiger partial charge in [-0.25, -0.2) is 31.9 Å². The van der Waals surface area contributed by atoms with E-state index in [0.29, 0.717) is 31.8 Å². The summed E-state index contributed by atoms with van der Waals surface area (Å²) in [4.78, 5) is 25.6. The number of aromatic nitrogens is 4. The number of primary sulfonamides is 1. The number of H-pyrrole nitrogens is 1. The number of aromatic amines is 1. The van der Waals surface area contributed by atoms with Crippen LogP contribution >= 0.6 is 11.6 Å². The van der Waals surface area contributed by atoms with Gasteiger partial charge in [-0.15, -0.1) is 0 Å². The average Bonchev–Trinajstić information content (AvgIpc) is 3.32. The molecule has 1 atom stereocenters. The Morgan fingerprint density at radius 2 is 1.77 bits per heavy atom. The zero-order chi connectivity index (χ0) is 27.9. The van der Waals surface area contributed by atoms with Gasteiger partial charge in [0.2, 0.25) is 15.8 Å². The molecule has 39 heavy (non-hydrogen) atoms. The van der Waals surface area contributed by atoms with Crippen molar-refractivity contribution in [2.75, 3.05) is 25.4 Å². The molecule has 1 amide bonds. The first-order valence-electron chi connectivity index (χ1n) is 11.5. The molecule has 1 aliphatic heterocycles. The zero-order valence-corrected chi connectivity index (χ0v) is 22.5. The van der Waals surface area contributed by atoms with Gasteiger partial charge in [0, 0.05) is 65.6 Å². The molecule has 0 radical (unpaired) electrons. The summed E-state index contributed by atoms with van der Waals surface area (Å²) in [6, 6.07) is 8.39. The van der Waals surface area contributed by atoms with Crippen LogP contribution < -0.4 is 9.87 Å². The average molecular weight is 592 g/mol. The van der Waals surface area contributed by atoms with Crippen LogP contribution in [0.25, 0.3) is 22.0 Å². The Kier molecular flexibility index (Phi) is 7.02. The molecule has 4 heterocycles. The fourth-order valence-corrected chi connectivity index (χ4v) is 6.88. The summed E-state index contributed by atoms with van der Waals surface area (Å²) < 4.78 is 52.6. The molecule has 0 saturated carbocycles. The van der Waals surface area contributed by atoms with E-state index in [1.165, 1.54) is 35.8 Å². The van der Waals surface area contributed by atoms with Gasteiger partial charge in [-0.05, 0) is 29.8 Å². The lowest BCUT2D eigenvalue weighted by Gasteiger charge is -2.39. The van der Waals surface area contributed by atoms with Crippen LogP contribution in [0.3, 0.4) is 0 Å². The van der Waals surface area contributed by atoms with Crippen LogP contribution in [0.5, 0.6) is 0 Å². The van der Waals surface area contributed by atoms with E-state index >= 15 is 0 Å². The second-order valence-corrected chi connectivity index (χ2v) is 13.0. The highest BCUT2D eigenvalue weighted by Gasteiger charge is 2.39. The molecule has 13 nitrogen and oxygen atoms in total. The predicted octanol–water partition coefficient (Wildman–Crippen LogP) is 0.716. The van der Waals surface area contributed by atoms with Crippen molar-refractivity contribution >= 4 is 48.5 Å². The summed E-state index contributed by atoms with van der Waals surface area (Å²) in [6.07, 6.45) is 5.43. The minimum Gasteiger partial charge on any atom is -0.619 e. The number of hydrogen-bond acceptors (Lipinski definition) is 8. The van der Waals surface area contributed by atoms with Crippen LogP contribution in [0.2, 0.25) is 5.02 Å². The molecule has 204 valence electrons. The Balaban J connectivity index is 1.39. The standard InChI is InChI=1S/C23H22ClN7O6S2/c24-18-1-2-20-16(9-18)10-21(28-20)39(36,37)30-7-8-31(19(13-30)14-38(25,34)35)23(32)22-26-11-17(12-27-22)15-3-5-29(33)6-4-15/h1-6,9-12,19,28H,7-8,13-14H2,(H2,25,34,35). The number of piperazine rings is 1. The van der Waals surface area contributed by atoms with Crippen LogP contribution in [0.15, 0.2) is 66.2 Å². The molecular weight excluding hydrogens is 570 g/mol. The topological polar surface area (TPSA) is 186 Å². The maximum Gasteiger partial charge on any atom is 0.292 e. The van der Waals surface area contributed by atoms with E-state index in [4.69, 9.17) is 16.7 Å². The summed E-state index contributed by atoms with van der Waals surface area (Å²) in [5.74, 6) is -1.53. The molecule has 3 N–H and O–H groups in total. The predicted molar refractivity (Wildman–Crippen MR) is 141 cm³/mol. The Morgan fingerprint density at radius 1 is 1.08 bits per heavy atom. The van der Waals surface area contributed by atoms with Crippen LogP contribution in [0, 0.1) is 5.21 Å². The highest BCUT2D eigenvalue weighted by Crippen LogP contribution is 2.26. The highest BCUT2D eigenvalue weighted by atomic mass is 35.5. The number of sulfonamides is 2. The zero-order valence-electron chi connectivity index (χ0n) is 20.1. The van der Waals surface area contributed by atoms with Crippen molar-refractivity contribution in [3.63, 3.8) is 0 Å². The first-order valence-corrected chi connectivity index (χ1v) is 15.1. The van der Waals surface area contributed by atoms with Crippen LogP contribution in [-0.4, -0.2) is 78.3 Å². The number of nitrogens with one attached hydrogen (secondary N) is 1. The minimum atomic E-state index is -4.08. The Bertz CT molecular complexity index is 1760. The molecule has 4 aromatic rings. The third-order valence-electron chi connectivity index (χ3n) is 6.29. The summed E-state index contributed by atoms with van der Waals surface area (Å²) in [5.41, 5.74) is 1.78. The van der Waals surface area contributed by atoms with Gasteiger partial charge in [0.25, 0.3) is 15.9 Å². The molecule has 3 aromatic heterocycles. The van der Waals surface area contributed by atoms with Gasteiger partial charge >= 0.3 is 0 Å². The number of hydrogen-bond donors (Lipinski definition) is 2. The van der Waals surface area contributed by atoms with Gasteiger partial charge in [0.1, 0.15) is 5.03 Å². The van der Waals surface area contributed by atoms with Crippen molar-refractivity contribution < 1.29 is 26.4 Å². The smallest absolute Gasteiger partial charge is 0.292 e. The Morgan fingerprint density at radius 3 is 2.44 bits per heavy atom. The number of pyridine rings is 1.